The summed E-state index contributed by atoms with van der Waals surface area (Å²) in [5.74, 6) is -0.761. The Morgan fingerprint density at radius 2 is 1.68 bits per heavy atom. The largest absolute Gasteiger partial charge is 0.416 e. The van der Waals surface area contributed by atoms with Gasteiger partial charge in [-0.05, 0) is 36.4 Å². The summed E-state index contributed by atoms with van der Waals surface area (Å²) in [6.45, 7) is 0. The second-order valence-corrected chi connectivity index (χ2v) is 5.63. The Balaban J connectivity index is 1.76. The van der Waals surface area contributed by atoms with Crippen molar-refractivity contribution in [3.63, 3.8) is 0 Å². The van der Waals surface area contributed by atoms with Crippen LogP contribution in [0.4, 0.5) is 17.6 Å². The van der Waals surface area contributed by atoms with Gasteiger partial charge in [0.1, 0.15) is 5.82 Å². The molecule has 0 saturated carbocycles. The number of rotatable bonds is 2. The number of benzene rings is 2. The lowest BCUT2D eigenvalue weighted by atomic mass is 10.1. The van der Waals surface area contributed by atoms with Crippen LogP contribution < -0.4 is 0 Å². The number of halogens is 4. The van der Waals surface area contributed by atoms with E-state index in [1.165, 1.54) is 6.07 Å². The van der Waals surface area contributed by atoms with Crippen LogP contribution in [0.1, 0.15) is 5.56 Å². The van der Waals surface area contributed by atoms with Gasteiger partial charge in [0.05, 0.1) is 22.6 Å². The van der Waals surface area contributed by atoms with E-state index in [2.05, 4.69) is 15.2 Å². The Kier molecular flexibility index (Phi) is 3.38. The number of aromatic amines is 2. The standard InChI is InChI=1S/C18H11F4N3/c19-13-6-5-11(18(20,21)22)8-12(13)15-9-17(25-24-15)16-7-10-3-1-2-4-14(10)23-16/h1-9,23H,(H,24,25). The van der Waals surface area contributed by atoms with E-state index in [-0.39, 0.29) is 11.3 Å². The van der Waals surface area contributed by atoms with E-state index in [0.29, 0.717) is 17.5 Å². The second kappa shape index (κ2) is 5.47. The van der Waals surface area contributed by atoms with E-state index in [0.717, 1.165) is 23.0 Å². The molecular weight excluding hydrogens is 334 g/mol. The van der Waals surface area contributed by atoms with Gasteiger partial charge in [0.15, 0.2) is 0 Å². The monoisotopic (exact) mass is 345 g/mol. The molecule has 0 amide bonds. The highest BCUT2D eigenvalue weighted by atomic mass is 19.4. The van der Waals surface area contributed by atoms with Crippen LogP contribution in [0.25, 0.3) is 33.5 Å². The summed E-state index contributed by atoms with van der Waals surface area (Å²) < 4.78 is 52.5. The van der Waals surface area contributed by atoms with Crippen molar-refractivity contribution in [1.29, 1.82) is 0 Å². The smallest absolute Gasteiger partial charge is 0.353 e. The number of fused-ring (bicyclic) bond motifs is 1. The van der Waals surface area contributed by atoms with Gasteiger partial charge >= 0.3 is 6.18 Å². The maximum Gasteiger partial charge on any atom is 0.416 e. The molecule has 2 heterocycles. The van der Waals surface area contributed by atoms with E-state index in [1.807, 2.05) is 30.3 Å². The highest BCUT2D eigenvalue weighted by Crippen LogP contribution is 2.34. The summed E-state index contributed by atoms with van der Waals surface area (Å²) in [6, 6.07) is 13.3. The van der Waals surface area contributed by atoms with Gasteiger partial charge < -0.3 is 4.98 Å². The molecule has 7 heteroatoms. The van der Waals surface area contributed by atoms with Crippen molar-refractivity contribution in [2.75, 3.05) is 0 Å². The zero-order chi connectivity index (χ0) is 17.6. The molecular formula is C18H11F4N3. The second-order valence-electron chi connectivity index (χ2n) is 5.63. The third-order valence-corrected chi connectivity index (χ3v) is 3.97. The molecule has 4 aromatic rings. The third-order valence-electron chi connectivity index (χ3n) is 3.97. The van der Waals surface area contributed by atoms with Crippen LogP contribution in [0, 0.1) is 5.82 Å². The average Bonchev–Trinajstić information content (AvgIpc) is 3.20. The van der Waals surface area contributed by atoms with Crippen molar-refractivity contribution in [2.45, 2.75) is 6.18 Å². The number of H-pyrrole nitrogens is 2. The van der Waals surface area contributed by atoms with Crippen molar-refractivity contribution in [3.05, 3.63) is 66.0 Å². The van der Waals surface area contributed by atoms with Crippen LogP contribution in [0.3, 0.4) is 0 Å². The van der Waals surface area contributed by atoms with Gasteiger partial charge in [-0.3, -0.25) is 5.10 Å². The minimum atomic E-state index is -4.54. The molecule has 0 radical (unpaired) electrons. The molecule has 2 N–H and O–H groups in total. The fourth-order valence-corrected chi connectivity index (χ4v) is 2.71. The Labute approximate surface area is 139 Å². The molecule has 0 fully saturated rings. The molecule has 126 valence electrons. The zero-order valence-electron chi connectivity index (χ0n) is 12.7. The number of hydrogen-bond donors (Lipinski definition) is 2. The zero-order valence-corrected chi connectivity index (χ0v) is 12.7. The Morgan fingerprint density at radius 3 is 2.44 bits per heavy atom. The lowest BCUT2D eigenvalue weighted by Gasteiger charge is -2.08. The summed E-state index contributed by atoms with van der Waals surface area (Å²) >= 11 is 0. The van der Waals surface area contributed by atoms with Crippen molar-refractivity contribution >= 4 is 10.9 Å². The Hall–Kier alpha value is -3.09. The van der Waals surface area contributed by atoms with Crippen molar-refractivity contribution in [3.8, 4) is 22.6 Å². The van der Waals surface area contributed by atoms with Gasteiger partial charge in [0, 0.05) is 16.5 Å². The first-order valence-corrected chi connectivity index (χ1v) is 7.42. The Bertz CT molecular complexity index is 1030. The fourth-order valence-electron chi connectivity index (χ4n) is 2.71. The van der Waals surface area contributed by atoms with E-state index in [4.69, 9.17) is 0 Å². The SMILES string of the molecule is Fc1ccc(C(F)(F)F)cc1-c1cc(-c2cc3ccccc3[nH]2)[nH]n1. The van der Waals surface area contributed by atoms with Crippen molar-refractivity contribution in [2.24, 2.45) is 0 Å². The van der Waals surface area contributed by atoms with Crippen LogP contribution in [0.5, 0.6) is 0 Å². The van der Waals surface area contributed by atoms with E-state index in [1.54, 1.807) is 0 Å². The van der Waals surface area contributed by atoms with Crippen LogP contribution in [0.2, 0.25) is 0 Å². The number of hydrogen-bond acceptors (Lipinski definition) is 1. The quantitative estimate of drug-likeness (QED) is 0.471. The molecule has 2 aromatic carbocycles. The van der Waals surface area contributed by atoms with E-state index < -0.39 is 17.6 Å². The Morgan fingerprint density at radius 1 is 0.880 bits per heavy atom. The number of nitrogens with zero attached hydrogens (tertiary/aromatic N) is 1. The minimum Gasteiger partial charge on any atom is -0.353 e. The van der Waals surface area contributed by atoms with Gasteiger partial charge in [-0.1, -0.05) is 18.2 Å². The van der Waals surface area contributed by atoms with Gasteiger partial charge in [-0.25, -0.2) is 4.39 Å². The summed E-state index contributed by atoms with van der Waals surface area (Å²) in [5.41, 5.74) is 1.18. The fraction of sp³-hybridized carbons (Fsp3) is 0.0556. The molecule has 4 rings (SSSR count). The van der Waals surface area contributed by atoms with E-state index >= 15 is 0 Å². The molecule has 0 saturated heterocycles. The molecule has 3 nitrogen and oxygen atoms in total. The third kappa shape index (κ3) is 2.77. The maximum absolute atomic E-state index is 14.0. The normalized spacial score (nSPS) is 12.0. The topological polar surface area (TPSA) is 44.5 Å². The van der Waals surface area contributed by atoms with Gasteiger partial charge in [-0.15, -0.1) is 0 Å². The molecule has 0 atom stereocenters. The minimum absolute atomic E-state index is 0.109. The number of aromatic nitrogens is 3. The molecule has 25 heavy (non-hydrogen) atoms. The van der Waals surface area contributed by atoms with Crippen molar-refractivity contribution < 1.29 is 17.6 Å². The van der Waals surface area contributed by atoms with Crippen LogP contribution >= 0.6 is 0 Å². The number of para-hydroxylation sites is 1. The lowest BCUT2D eigenvalue weighted by molar-refractivity contribution is -0.137. The predicted molar refractivity (Wildman–Crippen MR) is 86.3 cm³/mol. The van der Waals surface area contributed by atoms with Gasteiger partial charge in [0.25, 0.3) is 0 Å². The van der Waals surface area contributed by atoms with E-state index in [9.17, 15) is 17.6 Å². The summed E-state index contributed by atoms with van der Waals surface area (Å²) in [5, 5.41) is 7.69. The summed E-state index contributed by atoms with van der Waals surface area (Å²) in [7, 11) is 0. The average molecular weight is 345 g/mol. The highest BCUT2D eigenvalue weighted by molar-refractivity contribution is 5.85. The molecule has 2 aromatic heterocycles. The molecule has 0 spiro atoms. The molecule has 0 aliphatic carbocycles. The first-order chi connectivity index (χ1) is 11.9. The lowest BCUT2D eigenvalue weighted by Crippen LogP contribution is -2.05. The number of nitrogens with one attached hydrogen (secondary N) is 2. The first kappa shape index (κ1) is 15.4. The van der Waals surface area contributed by atoms with Crippen LogP contribution in [-0.4, -0.2) is 15.2 Å². The maximum atomic E-state index is 14.0. The van der Waals surface area contributed by atoms with Crippen LogP contribution in [0.15, 0.2) is 54.6 Å². The molecule has 0 unspecified atom stereocenters. The van der Waals surface area contributed by atoms with Gasteiger partial charge in [-0.2, -0.15) is 18.3 Å². The van der Waals surface area contributed by atoms with Gasteiger partial charge in [0.2, 0.25) is 0 Å². The van der Waals surface area contributed by atoms with Crippen molar-refractivity contribution in [1.82, 2.24) is 15.2 Å². The molecule has 0 aliphatic heterocycles. The summed E-state index contributed by atoms with van der Waals surface area (Å²) in [4.78, 5) is 3.18. The molecule has 0 aliphatic rings. The highest BCUT2D eigenvalue weighted by Gasteiger charge is 2.31. The van der Waals surface area contributed by atoms with Crippen LogP contribution in [-0.2, 0) is 6.18 Å². The first-order valence-electron chi connectivity index (χ1n) is 7.42. The summed E-state index contributed by atoms with van der Waals surface area (Å²) in [6.07, 6.45) is -4.54. The molecule has 0 bridgehead atoms. The number of alkyl halides is 3. The predicted octanol–water partition coefficient (Wildman–Crippen LogP) is 5.38.